The van der Waals surface area contributed by atoms with Gasteiger partial charge in [-0.2, -0.15) is 0 Å². The first kappa shape index (κ1) is 22.7. The van der Waals surface area contributed by atoms with E-state index in [0.717, 1.165) is 28.3 Å². The number of methoxy groups -OCH3 is 2. The molecule has 2 aromatic carbocycles. The zero-order chi connectivity index (χ0) is 20.9. The first-order valence-electron chi connectivity index (χ1n) is 9.33. The number of guanidine groups is 1. The van der Waals surface area contributed by atoms with Crippen LogP contribution < -0.4 is 29.6 Å². The lowest BCUT2D eigenvalue weighted by Crippen LogP contribution is -2.29. The van der Waals surface area contributed by atoms with Crippen LogP contribution >= 0.6 is 28.3 Å². The van der Waals surface area contributed by atoms with Gasteiger partial charge in [-0.15, -0.1) is 28.3 Å². The molecule has 0 unspecified atom stereocenters. The number of ether oxygens (including phenoxy) is 4. The summed E-state index contributed by atoms with van der Waals surface area (Å²) in [7, 11) is 3.22. The fourth-order valence-corrected chi connectivity index (χ4v) is 3.82. The highest BCUT2D eigenvalue weighted by Gasteiger charge is 2.15. The van der Waals surface area contributed by atoms with E-state index in [4.69, 9.17) is 24.4 Å². The van der Waals surface area contributed by atoms with Gasteiger partial charge in [-0.1, -0.05) is 6.07 Å². The second-order valence-corrected chi connectivity index (χ2v) is 7.25. The van der Waals surface area contributed by atoms with Crippen LogP contribution in [-0.4, -0.2) is 38.4 Å². The Balaban J connectivity index is 0.00000272. The van der Waals surface area contributed by atoms with Gasteiger partial charge in [-0.25, -0.2) is 4.98 Å². The summed E-state index contributed by atoms with van der Waals surface area (Å²) < 4.78 is 22.0. The highest BCUT2D eigenvalue weighted by molar-refractivity contribution is 8.93. The van der Waals surface area contributed by atoms with Crippen molar-refractivity contribution in [2.24, 2.45) is 0 Å². The van der Waals surface area contributed by atoms with Gasteiger partial charge in [0, 0.05) is 10.9 Å². The minimum atomic E-state index is 0. The van der Waals surface area contributed by atoms with Gasteiger partial charge in [0.25, 0.3) is 0 Å². The van der Waals surface area contributed by atoms with Crippen LogP contribution in [0.2, 0.25) is 0 Å². The number of halogens is 1. The first-order chi connectivity index (χ1) is 14.7. The molecule has 0 amide bonds. The molecule has 1 aromatic heterocycles. The molecule has 2 heterocycles. The lowest BCUT2D eigenvalue weighted by molar-refractivity contribution is 0.171. The second kappa shape index (κ2) is 10.4. The molecule has 4 rings (SSSR count). The summed E-state index contributed by atoms with van der Waals surface area (Å²) in [5.74, 6) is 3.00. The molecule has 0 aliphatic carbocycles. The lowest BCUT2D eigenvalue weighted by atomic mass is 10.1. The van der Waals surface area contributed by atoms with Gasteiger partial charge in [-0.05, 0) is 30.3 Å². The number of hydrogen-bond acceptors (Lipinski definition) is 7. The van der Waals surface area contributed by atoms with E-state index in [0.29, 0.717) is 36.4 Å². The van der Waals surface area contributed by atoms with Crippen LogP contribution in [0.1, 0.15) is 5.56 Å². The van der Waals surface area contributed by atoms with Crippen LogP contribution in [0, 0.1) is 5.41 Å². The maximum Gasteiger partial charge on any atom is 0.195 e. The molecule has 8 nitrogen and oxygen atoms in total. The van der Waals surface area contributed by atoms with Crippen LogP contribution in [-0.2, 0) is 6.54 Å². The van der Waals surface area contributed by atoms with Crippen LogP contribution in [0.15, 0.2) is 41.8 Å². The summed E-state index contributed by atoms with van der Waals surface area (Å²) in [6.45, 7) is 1.48. The average Bonchev–Trinajstić information content (AvgIpc) is 3.25. The third kappa shape index (κ3) is 5.20. The van der Waals surface area contributed by atoms with Gasteiger partial charge in [0.15, 0.2) is 22.6 Å². The van der Waals surface area contributed by atoms with Crippen LogP contribution in [0.4, 0.5) is 5.13 Å². The number of anilines is 1. The van der Waals surface area contributed by atoms with Gasteiger partial charge in [0.2, 0.25) is 0 Å². The van der Waals surface area contributed by atoms with Crippen molar-refractivity contribution in [2.45, 2.75) is 6.54 Å². The Kier molecular flexibility index (Phi) is 7.59. The molecular formula is C21H23BrN4O4S. The van der Waals surface area contributed by atoms with Gasteiger partial charge >= 0.3 is 0 Å². The SMILES string of the molecule is Br.COc1cccc(OC)c1CNC(=N)Nc1nc(-c2ccc3c(c2)OCCO3)cs1. The fourth-order valence-electron chi connectivity index (χ4n) is 3.10. The molecular weight excluding hydrogens is 484 g/mol. The summed E-state index contributed by atoms with van der Waals surface area (Å²) >= 11 is 1.42. The maximum absolute atomic E-state index is 8.20. The lowest BCUT2D eigenvalue weighted by Gasteiger charge is -2.18. The Morgan fingerprint density at radius 2 is 1.81 bits per heavy atom. The summed E-state index contributed by atoms with van der Waals surface area (Å²) in [5, 5.41) is 16.8. The van der Waals surface area contributed by atoms with Crippen molar-refractivity contribution in [2.75, 3.05) is 32.8 Å². The summed E-state index contributed by atoms with van der Waals surface area (Å²) in [4.78, 5) is 4.57. The zero-order valence-electron chi connectivity index (χ0n) is 17.1. The Morgan fingerprint density at radius 1 is 1.10 bits per heavy atom. The second-order valence-electron chi connectivity index (χ2n) is 6.39. The Hall–Kier alpha value is -2.98. The van der Waals surface area contributed by atoms with Crippen molar-refractivity contribution >= 4 is 39.4 Å². The average molecular weight is 507 g/mol. The summed E-state index contributed by atoms with van der Waals surface area (Å²) in [6.07, 6.45) is 0. The van der Waals surface area contributed by atoms with E-state index in [-0.39, 0.29) is 22.9 Å². The molecule has 0 atom stereocenters. The van der Waals surface area contributed by atoms with Crippen LogP contribution in [0.3, 0.4) is 0 Å². The molecule has 164 valence electrons. The normalized spacial score (nSPS) is 11.8. The zero-order valence-corrected chi connectivity index (χ0v) is 19.6. The van der Waals surface area contributed by atoms with Crippen LogP contribution in [0.25, 0.3) is 11.3 Å². The third-order valence-corrected chi connectivity index (χ3v) is 5.30. The number of rotatable bonds is 6. The number of nitrogens with one attached hydrogen (secondary N) is 3. The maximum atomic E-state index is 8.20. The molecule has 1 aliphatic rings. The minimum Gasteiger partial charge on any atom is -0.496 e. The number of hydrogen-bond donors (Lipinski definition) is 3. The van der Waals surface area contributed by atoms with Crippen LogP contribution in [0.5, 0.6) is 23.0 Å². The van der Waals surface area contributed by atoms with E-state index in [9.17, 15) is 0 Å². The van der Waals surface area contributed by atoms with E-state index >= 15 is 0 Å². The highest BCUT2D eigenvalue weighted by Crippen LogP contribution is 2.35. The number of fused-ring (bicyclic) bond motifs is 1. The predicted molar refractivity (Wildman–Crippen MR) is 127 cm³/mol. The molecule has 0 radical (unpaired) electrons. The van der Waals surface area contributed by atoms with E-state index < -0.39 is 0 Å². The van der Waals surface area contributed by atoms with Crippen molar-refractivity contribution in [1.29, 1.82) is 5.41 Å². The molecule has 0 saturated carbocycles. The van der Waals surface area contributed by atoms with E-state index in [1.807, 2.05) is 41.8 Å². The van der Waals surface area contributed by atoms with Crippen molar-refractivity contribution < 1.29 is 18.9 Å². The van der Waals surface area contributed by atoms with Gasteiger partial charge in [0.05, 0.1) is 32.0 Å². The molecule has 0 spiro atoms. The summed E-state index contributed by atoms with van der Waals surface area (Å²) in [6, 6.07) is 11.3. The Morgan fingerprint density at radius 3 is 2.52 bits per heavy atom. The quantitative estimate of drug-likeness (QED) is 0.338. The Bertz CT molecular complexity index is 1040. The molecule has 0 saturated heterocycles. The topological polar surface area (TPSA) is 97.7 Å². The largest absolute Gasteiger partial charge is 0.496 e. The predicted octanol–water partition coefficient (Wildman–Crippen LogP) is 4.31. The molecule has 3 N–H and O–H groups in total. The van der Waals surface area contributed by atoms with Crippen molar-refractivity contribution in [3.63, 3.8) is 0 Å². The van der Waals surface area contributed by atoms with Crippen molar-refractivity contribution in [1.82, 2.24) is 10.3 Å². The van der Waals surface area contributed by atoms with Gasteiger partial charge < -0.3 is 29.6 Å². The summed E-state index contributed by atoms with van der Waals surface area (Å²) in [5.41, 5.74) is 2.57. The highest BCUT2D eigenvalue weighted by atomic mass is 79.9. The monoisotopic (exact) mass is 506 g/mol. The number of benzene rings is 2. The number of thiazole rings is 1. The smallest absolute Gasteiger partial charge is 0.195 e. The van der Waals surface area contributed by atoms with Crippen molar-refractivity contribution in [3.8, 4) is 34.3 Å². The molecule has 10 heteroatoms. The minimum absolute atomic E-state index is 0. The molecule has 0 fully saturated rings. The molecule has 1 aliphatic heterocycles. The third-order valence-electron chi connectivity index (χ3n) is 4.55. The van der Waals surface area contributed by atoms with Gasteiger partial charge in [-0.3, -0.25) is 5.41 Å². The molecule has 31 heavy (non-hydrogen) atoms. The fraction of sp³-hybridized carbons (Fsp3) is 0.238. The first-order valence-corrected chi connectivity index (χ1v) is 10.2. The Labute approximate surface area is 194 Å². The van der Waals surface area contributed by atoms with E-state index in [2.05, 4.69) is 15.6 Å². The number of nitrogens with zero attached hydrogens (tertiary/aromatic N) is 1. The number of aromatic nitrogens is 1. The van der Waals surface area contributed by atoms with Gasteiger partial charge in [0.1, 0.15) is 24.7 Å². The molecule has 3 aromatic rings. The van der Waals surface area contributed by atoms with Crippen molar-refractivity contribution in [3.05, 3.63) is 47.3 Å². The standard InChI is InChI=1S/C21H22N4O4S.BrH/c1-26-16-4-3-5-17(27-2)14(16)11-23-20(22)25-21-24-15(12-30-21)13-6-7-18-19(10-13)29-9-8-28-18;/h3-7,10,12H,8-9,11H2,1-2H3,(H3,22,23,24,25);1H. The van der Waals surface area contributed by atoms with E-state index in [1.165, 1.54) is 11.3 Å². The van der Waals surface area contributed by atoms with E-state index in [1.54, 1.807) is 14.2 Å². The molecule has 0 bridgehead atoms.